The van der Waals surface area contributed by atoms with Crippen LogP contribution in [0.5, 0.6) is 0 Å². The standard InChI is InChI=1S/C18H15ClFN3O/c19-14-7-6-13(8-15(14)20)16-9-18(23-11-22-16)21-10-17(24)12-4-2-1-3-5-12/h1-9,11,17,24H,10H2,(H,21,22,23)/t17-/m0/s1. The van der Waals surface area contributed by atoms with E-state index in [1.165, 1.54) is 18.5 Å². The van der Waals surface area contributed by atoms with Crippen LogP contribution in [0.25, 0.3) is 11.3 Å². The first kappa shape index (κ1) is 16.4. The summed E-state index contributed by atoms with van der Waals surface area (Å²) in [5, 5.41) is 13.3. The Hall–Kier alpha value is -2.50. The number of anilines is 1. The molecule has 24 heavy (non-hydrogen) atoms. The van der Waals surface area contributed by atoms with Gasteiger partial charge in [-0.1, -0.05) is 48.0 Å². The highest BCUT2D eigenvalue weighted by Gasteiger charge is 2.09. The fraction of sp³-hybridized carbons (Fsp3) is 0.111. The first-order chi connectivity index (χ1) is 11.6. The van der Waals surface area contributed by atoms with Crippen molar-refractivity contribution in [1.82, 2.24) is 9.97 Å². The van der Waals surface area contributed by atoms with E-state index in [-0.39, 0.29) is 5.02 Å². The highest BCUT2D eigenvalue weighted by Crippen LogP contribution is 2.24. The zero-order valence-corrected chi connectivity index (χ0v) is 13.4. The molecule has 3 rings (SSSR count). The molecule has 0 aliphatic heterocycles. The minimum Gasteiger partial charge on any atom is -0.387 e. The monoisotopic (exact) mass is 343 g/mol. The van der Waals surface area contributed by atoms with E-state index in [0.29, 0.717) is 23.6 Å². The molecule has 2 N–H and O–H groups in total. The summed E-state index contributed by atoms with van der Waals surface area (Å²) >= 11 is 5.69. The third-order valence-corrected chi connectivity index (χ3v) is 3.85. The van der Waals surface area contributed by atoms with E-state index in [2.05, 4.69) is 15.3 Å². The van der Waals surface area contributed by atoms with Crippen LogP contribution in [-0.2, 0) is 0 Å². The molecule has 1 heterocycles. The van der Waals surface area contributed by atoms with Gasteiger partial charge in [0, 0.05) is 18.2 Å². The van der Waals surface area contributed by atoms with Gasteiger partial charge in [-0.2, -0.15) is 0 Å². The molecule has 1 aromatic heterocycles. The average Bonchev–Trinajstić information content (AvgIpc) is 2.63. The molecule has 0 bridgehead atoms. The van der Waals surface area contributed by atoms with Gasteiger partial charge in [-0.05, 0) is 17.7 Å². The lowest BCUT2D eigenvalue weighted by molar-refractivity contribution is 0.191. The Balaban J connectivity index is 1.72. The Kier molecular flexibility index (Phi) is 5.03. The molecule has 3 aromatic rings. The molecule has 0 spiro atoms. The second-order valence-electron chi connectivity index (χ2n) is 5.22. The summed E-state index contributed by atoms with van der Waals surface area (Å²) in [4.78, 5) is 8.26. The van der Waals surface area contributed by atoms with Gasteiger partial charge in [0.1, 0.15) is 18.0 Å². The number of hydrogen-bond acceptors (Lipinski definition) is 4. The van der Waals surface area contributed by atoms with Crippen molar-refractivity contribution in [2.75, 3.05) is 11.9 Å². The number of nitrogens with one attached hydrogen (secondary N) is 1. The van der Waals surface area contributed by atoms with Crippen LogP contribution in [0.2, 0.25) is 5.02 Å². The van der Waals surface area contributed by atoms with Gasteiger partial charge >= 0.3 is 0 Å². The number of halogens is 2. The van der Waals surface area contributed by atoms with E-state index < -0.39 is 11.9 Å². The SMILES string of the molecule is O[C@@H](CNc1cc(-c2ccc(Cl)c(F)c2)ncn1)c1ccccc1. The number of aliphatic hydroxyl groups is 1. The van der Waals surface area contributed by atoms with E-state index >= 15 is 0 Å². The van der Waals surface area contributed by atoms with Crippen molar-refractivity contribution in [1.29, 1.82) is 0 Å². The van der Waals surface area contributed by atoms with Crippen LogP contribution in [0, 0.1) is 5.82 Å². The van der Waals surface area contributed by atoms with Crippen LogP contribution >= 0.6 is 11.6 Å². The van der Waals surface area contributed by atoms with Crippen molar-refractivity contribution >= 4 is 17.4 Å². The molecule has 0 saturated heterocycles. The van der Waals surface area contributed by atoms with E-state index in [9.17, 15) is 9.50 Å². The third-order valence-electron chi connectivity index (χ3n) is 3.54. The zero-order chi connectivity index (χ0) is 16.9. The fourth-order valence-electron chi connectivity index (χ4n) is 2.26. The minimum absolute atomic E-state index is 0.0668. The first-order valence-electron chi connectivity index (χ1n) is 7.38. The molecule has 0 aliphatic carbocycles. The maximum absolute atomic E-state index is 13.6. The fourth-order valence-corrected chi connectivity index (χ4v) is 2.38. The normalized spacial score (nSPS) is 12.0. The molecular weight excluding hydrogens is 329 g/mol. The van der Waals surface area contributed by atoms with Crippen molar-refractivity contribution < 1.29 is 9.50 Å². The van der Waals surface area contributed by atoms with Gasteiger partial charge in [0.15, 0.2) is 0 Å². The van der Waals surface area contributed by atoms with Gasteiger partial charge in [-0.25, -0.2) is 14.4 Å². The molecule has 1 atom stereocenters. The molecule has 0 amide bonds. The maximum atomic E-state index is 13.6. The molecule has 0 radical (unpaired) electrons. The van der Waals surface area contributed by atoms with Crippen LogP contribution in [0.15, 0.2) is 60.9 Å². The lowest BCUT2D eigenvalue weighted by Crippen LogP contribution is -2.13. The van der Waals surface area contributed by atoms with Gasteiger partial charge in [0.25, 0.3) is 0 Å². The molecule has 122 valence electrons. The highest BCUT2D eigenvalue weighted by atomic mass is 35.5. The van der Waals surface area contributed by atoms with Gasteiger partial charge in [-0.15, -0.1) is 0 Å². The number of hydrogen-bond donors (Lipinski definition) is 2. The van der Waals surface area contributed by atoms with E-state index in [0.717, 1.165) is 5.56 Å². The molecule has 0 fully saturated rings. The van der Waals surface area contributed by atoms with Gasteiger partial charge in [-0.3, -0.25) is 0 Å². The van der Waals surface area contributed by atoms with Crippen molar-refractivity contribution in [3.05, 3.63) is 77.3 Å². The number of benzene rings is 2. The summed E-state index contributed by atoms with van der Waals surface area (Å²) in [7, 11) is 0. The number of rotatable bonds is 5. The molecular formula is C18H15ClFN3O. The Bertz CT molecular complexity index is 830. The molecule has 0 saturated carbocycles. The average molecular weight is 344 g/mol. The highest BCUT2D eigenvalue weighted by molar-refractivity contribution is 6.30. The van der Waals surface area contributed by atoms with E-state index in [4.69, 9.17) is 11.6 Å². The Morgan fingerprint density at radius 2 is 1.88 bits per heavy atom. The van der Waals surface area contributed by atoms with Gasteiger partial charge in [0.05, 0.1) is 16.8 Å². The first-order valence-corrected chi connectivity index (χ1v) is 7.75. The van der Waals surface area contributed by atoms with Crippen LogP contribution in [0.4, 0.5) is 10.2 Å². The summed E-state index contributed by atoms with van der Waals surface area (Å²) in [6, 6.07) is 15.5. The minimum atomic E-state index is -0.655. The summed E-state index contributed by atoms with van der Waals surface area (Å²) in [5.74, 6) is 0.0483. The molecule has 0 unspecified atom stereocenters. The molecule has 4 nitrogen and oxygen atoms in total. The second-order valence-corrected chi connectivity index (χ2v) is 5.63. The summed E-state index contributed by atoms with van der Waals surface area (Å²) in [5.41, 5.74) is 1.99. The summed E-state index contributed by atoms with van der Waals surface area (Å²) in [6.45, 7) is 0.301. The van der Waals surface area contributed by atoms with Crippen LogP contribution in [0.1, 0.15) is 11.7 Å². The third kappa shape index (κ3) is 3.88. The van der Waals surface area contributed by atoms with Gasteiger partial charge in [0.2, 0.25) is 0 Å². The number of aliphatic hydroxyl groups excluding tert-OH is 1. The van der Waals surface area contributed by atoms with Crippen LogP contribution in [0.3, 0.4) is 0 Å². The molecule has 0 aliphatic rings. The van der Waals surface area contributed by atoms with Crippen molar-refractivity contribution in [2.24, 2.45) is 0 Å². The molecule has 2 aromatic carbocycles. The summed E-state index contributed by atoms with van der Waals surface area (Å²) in [6.07, 6.45) is 0.733. The topological polar surface area (TPSA) is 58.0 Å². The van der Waals surface area contributed by atoms with E-state index in [1.54, 1.807) is 12.1 Å². The van der Waals surface area contributed by atoms with E-state index in [1.807, 2.05) is 30.3 Å². The predicted molar refractivity (Wildman–Crippen MR) is 92.3 cm³/mol. The Morgan fingerprint density at radius 1 is 1.08 bits per heavy atom. The second kappa shape index (κ2) is 7.38. The Morgan fingerprint density at radius 3 is 2.62 bits per heavy atom. The zero-order valence-electron chi connectivity index (χ0n) is 12.7. The predicted octanol–water partition coefficient (Wildman–Crippen LogP) is 4.08. The maximum Gasteiger partial charge on any atom is 0.142 e. The van der Waals surface area contributed by atoms with Crippen molar-refractivity contribution in [3.63, 3.8) is 0 Å². The Labute approximate surface area is 144 Å². The quantitative estimate of drug-likeness (QED) is 0.733. The van der Waals surface area contributed by atoms with Crippen LogP contribution < -0.4 is 5.32 Å². The largest absolute Gasteiger partial charge is 0.387 e. The van der Waals surface area contributed by atoms with Crippen molar-refractivity contribution in [3.8, 4) is 11.3 Å². The number of nitrogens with zero attached hydrogens (tertiary/aromatic N) is 2. The lowest BCUT2D eigenvalue weighted by atomic mass is 10.1. The van der Waals surface area contributed by atoms with Crippen LogP contribution in [-0.4, -0.2) is 21.6 Å². The lowest BCUT2D eigenvalue weighted by Gasteiger charge is -2.13. The summed E-state index contributed by atoms with van der Waals surface area (Å²) < 4.78 is 13.6. The smallest absolute Gasteiger partial charge is 0.142 e. The molecule has 6 heteroatoms. The van der Waals surface area contributed by atoms with Gasteiger partial charge < -0.3 is 10.4 Å². The number of aromatic nitrogens is 2. The van der Waals surface area contributed by atoms with Crippen molar-refractivity contribution in [2.45, 2.75) is 6.10 Å².